The van der Waals surface area contributed by atoms with Crippen LogP contribution in [0.1, 0.15) is 29.9 Å². The van der Waals surface area contributed by atoms with Gasteiger partial charge in [-0.05, 0) is 32.4 Å². The van der Waals surface area contributed by atoms with Crippen molar-refractivity contribution in [1.29, 1.82) is 0 Å². The maximum Gasteiger partial charge on any atom is 0.145 e. The Labute approximate surface area is 107 Å². The van der Waals surface area contributed by atoms with Crippen LogP contribution in [0.2, 0.25) is 0 Å². The SMILES string of the molecule is Cc1ncc(NC(C)c2ccccc2N)nc1C. The summed E-state index contributed by atoms with van der Waals surface area (Å²) in [5.74, 6) is 0.772. The van der Waals surface area contributed by atoms with E-state index in [2.05, 4.69) is 22.2 Å². The summed E-state index contributed by atoms with van der Waals surface area (Å²) in [7, 11) is 0. The second-order valence-electron chi connectivity index (χ2n) is 4.42. The topological polar surface area (TPSA) is 63.8 Å². The lowest BCUT2D eigenvalue weighted by Gasteiger charge is -2.17. The number of aryl methyl sites for hydroxylation is 2. The Balaban J connectivity index is 2.19. The number of benzene rings is 1. The van der Waals surface area contributed by atoms with Gasteiger partial charge < -0.3 is 11.1 Å². The van der Waals surface area contributed by atoms with E-state index < -0.39 is 0 Å². The minimum Gasteiger partial charge on any atom is -0.398 e. The van der Waals surface area contributed by atoms with Crippen LogP contribution < -0.4 is 11.1 Å². The third kappa shape index (κ3) is 2.59. The number of nitrogens with one attached hydrogen (secondary N) is 1. The van der Waals surface area contributed by atoms with Crippen molar-refractivity contribution in [3.8, 4) is 0 Å². The zero-order chi connectivity index (χ0) is 13.1. The molecule has 0 aliphatic heterocycles. The van der Waals surface area contributed by atoms with Crippen molar-refractivity contribution < 1.29 is 0 Å². The van der Waals surface area contributed by atoms with E-state index in [0.29, 0.717) is 0 Å². The summed E-state index contributed by atoms with van der Waals surface area (Å²) < 4.78 is 0. The molecular weight excluding hydrogens is 224 g/mol. The van der Waals surface area contributed by atoms with Crippen molar-refractivity contribution in [3.05, 3.63) is 47.4 Å². The van der Waals surface area contributed by atoms with Gasteiger partial charge in [-0.2, -0.15) is 0 Å². The number of nitrogens with zero attached hydrogens (tertiary/aromatic N) is 2. The predicted octanol–water partition coefficient (Wildman–Crippen LogP) is 2.85. The highest BCUT2D eigenvalue weighted by Gasteiger charge is 2.09. The third-order valence-electron chi connectivity index (χ3n) is 3.02. The average molecular weight is 242 g/mol. The van der Waals surface area contributed by atoms with E-state index in [1.165, 1.54) is 0 Å². The number of nitrogen functional groups attached to an aromatic ring is 1. The summed E-state index contributed by atoms with van der Waals surface area (Å²) >= 11 is 0. The van der Waals surface area contributed by atoms with Crippen molar-refractivity contribution in [3.63, 3.8) is 0 Å². The van der Waals surface area contributed by atoms with Crippen molar-refractivity contribution in [1.82, 2.24) is 9.97 Å². The van der Waals surface area contributed by atoms with Gasteiger partial charge in [0.2, 0.25) is 0 Å². The number of aromatic nitrogens is 2. The minimum absolute atomic E-state index is 0.0996. The molecule has 0 saturated heterocycles. The van der Waals surface area contributed by atoms with E-state index in [0.717, 1.165) is 28.5 Å². The first-order chi connectivity index (χ1) is 8.58. The smallest absolute Gasteiger partial charge is 0.145 e. The lowest BCUT2D eigenvalue weighted by molar-refractivity contribution is 0.868. The Kier molecular flexibility index (Phi) is 3.46. The molecule has 0 spiro atoms. The van der Waals surface area contributed by atoms with Gasteiger partial charge in [0.05, 0.1) is 23.6 Å². The van der Waals surface area contributed by atoms with E-state index in [1.54, 1.807) is 6.20 Å². The highest BCUT2D eigenvalue weighted by molar-refractivity contribution is 5.50. The number of anilines is 2. The first kappa shape index (κ1) is 12.4. The lowest BCUT2D eigenvalue weighted by atomic mass is 10.1. The van der Waals surface area contributed by atoms with Gasteiger partial charge in [-0.15, -0.1) is 0 Å². The Morgan fingerprint density at radius 2 is 1.89 bits per heavy atom. The van der Waals surface area contributed by atoms with Crippen LogP contribution in [-0.2, 0) is 0 Å². The molecule has 4 nitrogen and oxygen atoms in total. The third-order valence-corrected chi connectivity index (χ3v) is 3.02. The number of hydrogen-bond donors (Lipinski definition) is 2. The Bertz CT molecular complexity index is 551. The van der Waals surface area contributed by atoms with Crippen molar-refractivity contribution in [2.24, 2.45) is 0 Å². The van der Waals surface area contributed by atoms with Crippen LogP contribution in [0.3, 0.4) is 0 Å². The van der Waals surface area contributed by atoms with Crippen LogP contribution in [0.5, 0.6) is 0 Å². The van der Waals surface area contributed by atoms with Gasteiger partial charge in [0.15, 0.2) is 0 Å². The van der Waals surface area contributed by atoms with Crippen LogP contribution >= 0.6 is 0 Å². The van der Waals surface area contributed by atoms with E-state index >= 15 is 0 Å². The fourth-order valence-electron chi connectivity index (χ4n) is 1.82. The summed E-state index contributed by atoms with van der Waals surface area (Å²) in [6.07, 6.45) is 1.75. The standard InChI is InChI=1S/C14H18N4/c1-9-10(2)17-14(8-16-9)18-11(3)12-6-4-5-7-13(12)15/h4-8,11H,15H2,1-3H3,(H,17,18). The van der Waals surface area contributed by atoms with Crippen LogP contribution in [-0.4, -0.2) is 9.97 Å². The predicted molar refractivity (Wildman–Crippen MR) is 74.4 cm³/mol. The fourth-order valence-corrected chi connectivity index (χ4v) is 1.82. The summed E-state index contributed by atoms with van der Waals surface area (Å²) in [6, 6.07) is 7.93. The summed E-state index contributed by atoms with van der Waals surface area (Å²) in [5.41, 5.74) is 9.70. The van der Waals surface area contributed by atoms with Crippen molar-refractivity contribution in [2.75, 3.05) is 11.1 Å². The first-order valence-corrected chi connectivity index (χ1v) is 5.99. The summed E-state index contributed by atoms with van der Waals surface area (Å²) in [6.45, 7) is 5.96. The molecule has 1 unspecified atom stereocenters. The Morgan fingerprint density at radius 3 is 2.56 bits per heavy atom. The largest absolute Gasteiger partial charge is 0.398 e. The molecule has 2 rings (SSSR count). The molecular formula is C14H18N4. The molecule has 1 atom stereocenters. The van der Waals surface area contributed by atoms with Crippen LogP contribution in [0.4, 0.5) is 11.5 Å². The summed E-state index contributed by atoms with van der Waals surface area (Å²) in [5, 5.41) is 3.31. The molecule has 0 aliphatic rings. The zero-order valence-corrected chi connectivity index (χ0v) is 10.9. The molecule has 3 N–H and O–H groups in total. The van der Waals surface area contributed by atoms with Gasteiger partial charge >= 0.3 is 0 Å². The van der Waals surface area contributed by atoms with Gasteiger partial charge in [-0.3, -0.25) is 4.98 Å². The summed E-state index contributed by atoms with van der Waals surface area (Å²) in [4.78, 5) is 8.75. The number of para-hydroxylation sites is 1. The molecule has 1 aromatic carbocycles. The van der Waals surface area contributed by atoms with Crippen molar-refractivity contribution in [2.45, 2.75) is 26.8 Å². The molecule has 18 heavy (non-hydrogen) atoms. The second kappa shape index (κ2) is 5.04. The van der Waals surface area contributed by atoms with E-state index in [9.17, 15) is 0 Å². The molecule has 0 radical (unpaired) electrons. The van der Waals surface area contributed by atoms with Crippen LogP contribution in [0, 0.1) is 13.8 Å². The molecule has 0 aliphatic carbocycles. The Hall–Kier alpha value is -2.10. The molecule has 0 amide bonds. The normalized spacial score (nSPS) is 12.2. The lowest BCUT2D eigenvalue weighted by Crippen LogP contribution is -2.11. The first-order valence-electron chi connectivity index (χ1n) is 5.99. The van der Waals surface area contributed by atoms with Gasteiger partial charge in [0.1, 0.15) is 5.82 Å². The molecule has 0 fully saturated rings. The molecule has 94 valence electrons. The Morgan fingerprint density at radius 1 is 1.17 bits per heavy atom. The van der Waals surface area contributed by atoms with Gasteiger partial charge in [0, 0.05) is 5.69 Å². The minimum atomic E-state index is 0.0996. The number of nitrogens with two attached hydrogens (primary N) is 1. The maximum absolute atomic E-state index is 5.95. The zero-order valence-electron chi connectivity index (χ0n) is 10.9. The molecule has 2 aromatic rings. The monoisotopic (exact) mass is 242 g/mol. The van der Waals surface area contributed by atoms with Gasteiger partial charge in [-0.1, -0.05) is 18.2 Å². The van der Waals surface area contributed by atoms with Gasteiger partial charge in [-0.25, -0.2) is 4.98 Å². The highest BCUT2D eigenvalue weighted by atomic mass is 15.0. The average Bonchev–Trinajstić information content (AvgIpc) is 2.34. The maximum atomic E-state index is 5.95. The second-order valence-corrected chi connectivity index (χ2v) is 4.42. The van der Waals surface area contributed by atoms with E-state index in [-0.39, 0.29) is 6.04 Å². The van der Waals surface area contributed by atoms with Crippen molar-refractivity contribution >= 4 is 11.5 Å². The fraction of sp³-hybridized carbons (Fsp3) is 0.286. The molecule has 0 bridgehead atoms. The molecule has 0 saturated carbocycles. The van der Waals surface area contributed by atoms with Gasteiger partial charge in [0.25, 0.3) is 0 Å². The molecule has 1 heterocycles. The highest BCUT2D eigenvalue weighted by Crippen LogP contribution is 2.22. The van der Waals surface area contributed by atoms with Crippen LogP contribution in [0.15, 0.2) is 30.5 Å². The van der Waals surface area contributed by atoms with E-state index in [4.69, 9.17) is 5.73 Å². The van der Waals surface area contributed by atoms with E-state index in [1.807, 2.05) is 38.1 Å². The van der Waals surface area contributed by atoms with Crippen LogP contribution in [0.25, 0.3) is 0 Å². The number of rotatable bonds is 3. The number of hydrogen-bond acceptors (Lipinski definition) is 4. The molecule has 1 aromatic heterocycles. The quantitative estimate of drug-likeness (QED) is 0.812. The molecule has 4 heteroatoms.